The van der Waals surface area contributed by atoms with Gasteiger partial charge in [0.15, 0.2) is 5.78 Å². The van der Waals surface area contributed by atoms with Crippen molar-refractivity contribution in [3.05, 3.63) is 0 Å². The first-order valence-corrected chi connectivity index (χ1v) is 5.36. The molecule has 0 spiro atoms. The fourth-order valence-electron chi connectivity index (χ4n) is 1.65. The van der Waals surface area contributed by atoms with Crippen molar-refractivity contribution in [2.45, 2.75) is 46.0 Å². The Bertz CT molecular complexity index is 268. The SMILES string of the molecule is CCCCC1=NC(=O)C(CCC)C1=O. The van der Waals surface area contributed by atoms with Gasteiger partial charge in [0.25, 0.3) is 5.91 Å². The Hall–Kier alpha value is -0.990. The van der Waals surface area contributed by atoms with E-state index >= 15 is 0 Å². The summed E-state index contributed by atoms with van der Waals surface area (Å²) in [5.41, 5.74) is 0.510. The van der Waals surface area contributed by atoms with E-state index in [0.29, 0.717) is 18.6 Å². The van der Waals surface area contributed by atoms with Crippen LogP contribution in [-0.2, 0) is 9.59 Å². The number of aliphatic imine (C=N–C) groups is 1. The second kappa shape index (κ2) is 5.03. The number of hydrogen-bond acceptors (Lipinski definition) is 2. The van der Waals surface area contributed by atoms with Crippen LogP contribution in [0.2, 0.25) is 0 Å². The third-order valence-corrected chi connectivity index (χ3v) is 2.49. The largest absolute Gasteiger partial charge is 0.292 e. The highest BCUT2D eigenvalue weighted by atomic mass is 16.2. The van der Waals surface area contributed by atoms with E-state index in [0.717, 1.165) is 19.3 Å². The number of nitrogens with zero attached hydrogens (tertiary/aromatic N) is 1. The molecule has 0 saturated carbocycles. The lowest BCUT2D eigenvalue weighted by Gasteiger charge is -2.02. The highest BCUT2D eigenvalue weighted by Crippen LogP contribution is 2.19. The zero-order chi connectivity index (χ0) is 10.6. The molecule has 1 aliphatic rings. The smallest absolute Gasteiger partial charge is 0.257 e. The second-order valence-corrected chi connectivity index (χ2v) is 3.71. The summed E-state index contributed by atoms with van der Waals surface area (Å²) in [6.45, 7) is 4.04. The van der Waals surface area contributed by atoms with Gasteiger partial charge in [-0.2, -0.15) is 0 Å². The maximum Gasteiger partial charge on any atom is 0.257 e. The molecule has 0 aliphatic carbocycles. The number of ketones is 1. The lowest BCUT2D eigenvalue weighted by atomic mass is 9.96. The summed E-state index contributed by atoms with van der Waals surface area (Å²) in [6, 6.07) is 0. The van der Waals surface area contributed by atoms with Gasteiger partial charge in [-0.3, -0.25) is 9.59 Å². The fourth-order valence-corrected chi connectivity index (χ4v) is 1.65. The van der Waals surface area contributed by atoms with Crippen LogP contribution in [0.4, 0.5) is 0 Å². The monoisotopic (exact) mass is 195 g/mol. The molecule has 1 amide bonds. The maximum absolute atomic E-state index is 11.7. The van der Waals surface area contributed by atoms with E-state index in [-0.39, 0.29) is 11.7 Å². The molecule has 3 heteroatoms. The van der Waals surface area contributed by atoms with Gasteiger partial charge in [0.05, 0.1) is 5.71 Å². The Labute approximate surface area is 84.6 Å². The predicted molar refractivity (Wildman–Crippen MR) is 55.4 cm³/mol. The van der Waals surface area contributed by atoms with E-state index in [9.17, 15) is 9.59 Å². The summed E-state index contributed by atoms with van der Waals surface area (Å²) in [5.74, 6) is -0.694. The van der Waals surface area contributed by atoms with E-state index in [1.807, 2.05) is 6.92 Å². The second-order valence-electron chi connectivity index (χ2n) is 3.71. The van der Waals surface area contributed by atoms with Gasteiger partial charge in [-0.05, 0) is 19.3 Å². The summed E-state index contributed by atoms with van der Waals surface area (Å²) in [5, 5.41) is 0. The average Bonchev–Trinajstić information content (AvgIpc) is 2.43. The molecule has 78 valence electrons. The van der Waals surface area contributed by atoms with Crippen LogP contribution in [0.25, 0.3) is 0 Å². The normalized spacial score (nSPS) is 21.6. The van der Waals surface area contributed by atoms with Crippen LogP contribution in [0.5, 0.6) is 0 Å². The molecule has 3 nitrogen and oxygen atoms in total. The fraction of sp³-hybridized carbons (Fsp3) is 0.727. The van der Waals surface area contributed by atoms with Crippen molar-refractivity contribution in [2.24, 2.45) is 10.9 Å². The molecule has 0 saturated heterocycles. The molecular weight excluding hydrogens is 178 g/mol. The van der Waals surface area contributed by atoms with Crippen LogP contribution < -0.4 is 0 Å². The van der Waals surface area contributed by atoms with Crippen LogP contribution in [-0.4, -0.2) is 17.4 Å². The minimum absolute atomic E-state index is 0.0229. The minimum Gasteiger partial charge on any atom is -0.292 e. The Balaban J connectivity index is 2.59. The van der Waals surface area contributed by atoms with Crippen LogP contribution in [0.15, 0.2) is 4.99 Å². The predicted octanol–water partition coefficient (Wildman–Crippen LogP) is 2.14. The number of unbranched alkanes of at least 4 members (excludes halogenated alkanes) is 1. The van der Waals surface area contributed by atoms with E-state index in [1.54, 1.807) is 0 Å². The van der Waals surface area contributed by atoms with Crippen LogP contribution in [0, 0.1) is 5.92 Å². The van der Waals surface area contributed by atoms with Crippen LogP contribution in [0.1, 0.15) is 46.0 Å². The summed E-state index contributed by atoms with van der Waals surface area (Å²) < 4.78 is 0. The average molecular weight is 195 g/mol. The van der Waals surface area contributed by atoms with Gasteiger partial charge in [0.2, 0.25) is 0 Å². The Morgan fingerprint density at radius 1 is 1.21 bits per heavy atom. The maximum atomic E-state index is 11.7. The molecule has 1 heterocycles. The molecule has 1 atom stereocenters. The number of carbonyl (C=O) groups is 2. The van der Waals surface area contributed by atoms with E-state index in [2.05, 4.69) is 11.9 Å². The Morgan fingerprint density at radius 2 is 1.93 bits per heavy atom. The molecule has 0 aromatic rings. The molecular formula is C11H17NO2. The van der Waals surface area contributed by atoms with Gasteiger partial charge in [-0.1, -0.05) is 26.7 Å². The number of hydrogen-bond donors (Lipinski definition) is 0. The van der Waals surface area contributed by atoms with Crippen molar-refractivity contribution >= 4 is 17.4 Å². The van der Waals surface area contributed by atoms with Crippen LogP contribution >= 0.6 is 0 Å². The Morgan fingerprint density at radius 3 is 2.50 bits per heavy atom. The van der Waals surface area contributed by atoms with Gasteiger partial charge >= 0.3 is 0 Å². The molecule has 14 heavy (non-hydrogen) atoms. The highest BCUT2D eigenvalue weighted by Gasteiger charge is 2.34. The van der Waals surface area contributed by atoms with Crippen molar-refractivity contribution in [1.29, 1.82) is 0 Å². The van der Waals surface area contributed by atoms with Gasteiger partial charge in [-0.25, -0.2) is 4.99 Å². The first-order chi connectivity index (χ1) is 6.70. The topological polar surface area (TPSA) is 46.5 Å². The van der Waals surface area contributed by atoms with Gasteiger partial charge < -0.3 is 0 Å². The minimum atomic E-state index is -0.452. The molecule has 0 N–H and O–H groups in total. The molecule has 0 fully saturated rings. The highest BCUT2D eigenvalue weighted by molar-refractivity contribution is 6.49. The first-order valence-electron chi connectivity index (χ1n) is 5.36. The summed E-state index contributed by atoms with van der Waals surface area (Å²) in [7, 11) is 0. The zero-order valence-electron chi connectivity index (χ0n) is 8.88. The molecule has 1 rings (SSSR count). The molecule has 1 aliphatic heterocycles. The van der Waals surface area contributed by atoms with Crippen molar-refractivity contribution < 1.29 is 9.59 Å². The first kappa shape index (κ1) is 11.1. The van der Waals surface area contributed by atoms with Crippen molar-refractivity contribution in [3.63, 3.8) is 0 Å². The Kier molecular flexibility index (Phi) is 3.98. The van der Waals surface area contributed by atoms with Crippen molar-refractivity contribution in [3.8, 4) is 0 Å². The summed E-state index contributed by atoms with van der Waals surface area (Å²) in [4.78, 5) is 26.8. The summed E-state index contributed by atoms with van der Waals surface area (Å²) >= 11 is 0. The molecule has 0 aromatic carbocycles. The van der Waals surface area contributed by atoms with Crippen LogP contribution in [0.3, 0.4) is 0 Å². The molecule has 0 bridgehead atoms. The molecule has 0 radical (unpaired) electrons. The van der Waals surface area contributed by atoms with Crippen molar-refractivity contribution in [2.75, 3.05) is 0 Å². The zero-order valence-corrected chi connectivity index (χ0v) is 8.88. The van der Waals surface area contributed by atoms with E-state index in [1.165, 1.54) is 0 Å². The van der Waals surface area contributed by atoms with Gasteiger partial charge in [-0.15, -0.1) is 0 Å². The van der Waals surface area contributed by atoms with E-state index < -0.39 is 5.92 Å². The van der Waals surface area contributed by atoms with Crippen molar-refractivity contribution in [1.82, 2.24) is 0 Å². The third-order valence-electron chi connectivity index (χ3n) is 2.49. The lowest BCUT2D eigenvalue weighted by molar-refractivity contribution is -0.127. The number of amides is 1. The third kappa shape index (κ3) is 2.28. The van der Waals surface area contributed by atoms with Gasteiger partial charge in [0.1, 0.15) is 5.92 Å². The lowest BCUT2D eigenvalue weighted by Crippen LogP contribution is -2.20. The molecule has 0 aromatic heterocycles. The number of carbonyl (C=O) groups excluding carboxylic acids is 2. The quantitative estimate of drug-likeness (QED) is 0.631. The van der Waals surface area contributed by atoms with E-state index in [4.69, 9.17) is 0 Å². The molecule has 1 unspecified atom stereocenters. The standard InChI is InChI=1S/C11H17NO2/c1-3-5-7-9-10(13)8(6-4-2)11(14)12-9/h8H,3-7H2,1-2H3. The van der Waals surface area contributed by atoms with Gasteiger partial charge in [0, 0.05) is 0 Å². The number of rotatable bonds is 5. The summed E-state index contributed by atoms with van der Waals surface area (Å²) in [6.07, 6.45) is 4.15. The number of Topliss-reactive ketones (excluding diaryl/α,β-unsaturated/α-hetero) is 1.